The first-order valence-electron chi connectivity index (χ1n) is 6.01. The van der Waals surface area contributed by atoms with Crippen molar-refractivity contribution < 1.29 is 9.53 Å². The molecule has 0 aromatic carbocycles. The fourth-order valence-corrected chi connectivity index (χ4v) is 2.70. The van der Waals surface area contributed by atoms with Crippen LogP contribution in [0.3, 0.4) is 0 Å². The molecule has 0 N–H and O–H groups in total. The number of amides is 1. The molecule has 1 amide bonds. The van der Waals surface area contributed by atoms with Crippen LogP contribution in [0.4, 0.5) is 4.79 Å². The van der Waals surface area contributed by atoms with E-state index in [2.05, 4.69) is 11.9 Å². The third-order valence-corrected chi connectivity index (χ3v) is 3.32. The van der Waals surface area contributed by atoms with Crippen molar-refractivity contribution in [3.8, 4) is 0 Å². The van der Waals surface area contributed by atoms with Crippen LogP contribution < -0.4 is 0 Å². The lowest BCUT2D eigenvalue weighted by Gasteiger charge is -2.25. The van der Waals surface area contributed by atoms with Gasteiger partial charge in [-0.2, -0.15) is 0 Å². The summed E-state index contributed by atoms with van der Waals surface area (Å²) in [6.45, 7) is 9.70. The van der Waals surface area contributed by atoms with Crippen LogP contribution in [0, 0.1) is 11.8 Å². The first-order valence-corrected chi connectivity index (χ1v) is 6.01. The van der Waals surface area contributed by atoms with Gasteiger partial charge in [-0.25, -0.2) is 4.79 Å². The molecule has 0 spiro atoms. The molecule has 2 unspecified atom stereocenters. The van der Waals surface area contributed by atoms with Gasteiger partial charge in [-0.15, -0.1) is 0 Å². The summed E-state index contributed by atoms with van der Waals surface area (Å²) in [7, 11) is 2.15. The summed E-state index contributed by atoms with van der Waals surface area (Å²) in [4.78, 5) is 16.1. The first-order chi connectivity index (χ1) is 7.35. The molecule has 2 rings (SSSR count). The Kier molecular flexibility index (Phi) is 2.86. The van der Waals surface area contributed by atoms with Crippen molar-refractivity contribution in [2.24, 2.45) is 11.8 Å². The third kappa shape index (κ3) is 2.48. The van der Waals surface area contributed by atoms with E-state index < -0.39 is 0 Å². The molecule has 2 fully saturated rings. The molecule has 16 heavy (non-hydrogen) atoms. The lowest BCUT2D eigenvalue weighted by atomic mass is 10.0. The van der Waals surface area contributed by atoms with Gasteiger partial charge in [0.1, 0.15) is 5.60 Å². The second kappa shape index (κ2) is 3.91. The highest BCUT2D eigenvalue weighted by atomic mass is 16.6. The lowest BCUT2D eigenvalue weighted by Crippen LogP contribution is -2.37. The van der Waals surface area contributed by atoms with E-state index in [0.29, 0.717) is 11.8 Å². The van der Waals surface area contributed by atoms with Crippen LogP contribution in [0.1, 0.15) is 20.8 Å². The zero-order valence-electron chi connectivity index (χ0n) is 10.7. The number of nitrogens with zero attached hydrogens (tertiary/aromatic N) is 2. The average Bonchev–Trinajstić information content (AvgIpc) is 2.56. The highest BCUT2D eigenvalue weighted by molar-refractivity contribution is 5.68. The Hall–Kier alpha value is -0.770. The molecule has 2 saturated heterocycles. The van der Waals surface area contributed by atoms with E-state index in [-0.39, 0.29) is 11.7 Å². The molecule has 0 saturated carbocycles. The fourth-order valence-electron chi connectivity index (χ4n) is 2.70. The topological polar surface area (TPSA) is 32.8 Å². The minimum absolute atomic E-state index is 0.149. The zero-order valence-corrected chi connectivity index (χ0v) is 10.7. The van der Waals surface area contributed by atoms with E-state index in [0.717, 1.165) is 26.2 Å². The number of fused-ring (bicyclic) bond motifs is 1. The second-order valence-electron chi connectivity index (χ2n) is 6.13. The minimum Gasteiger partial charge on any atom is -0.444 e. The molecule has 92 valence electrons. The number of hydrogen-bond donors (Lipinski definition) is 0. The van der Waals surface area contributed by atoms with Crippen molar-refractivity contribution in [3.05, 3.63) is 0 Å². The van der Waals surface area contributed by atoms with Crippen molar-refractivity contribution in [1.29, 1.82) is 0 Å². The first kappa shape index (κ1) is 11.7. The SMILES string of the molecule is CN1CC2CN(C(=O)OC(C)(C)C)CC2C1. The fraction of sp³-hybridized carbons (Fsp3) is 0.917. The average molecular weight is 226 g/mol. The molecule has 2 aliphatic heterocycles. The van der Waals surface area contributed by atoms with E-state index >= 15 is 0 Å². The summed E-state index contributed by atoms with van der Waals surface area (Å²) >= 11 is 0. The summed E-state index contributed by atoms with van der Waals surface area (Å²) in [5.41, 5.74) is -0.383. The van der Waals surface area contributed by atoms with Gasteiger partial charge in [0.15, 0.2) is 0 Å². The van der Waals surface area contributed by atoms with Crippen molar-refractivity contribution >= 4 is 6.09 Å². The van der Waals surface area contributed by atoms with E-state index in [1.165, 1.54) is 0 Å². The molecule has 2 atom stereocenters. The standard InChI is InChI=1S/C12H22N2O2/c1-12(2,3)16-11(15)14-7-9-5-13(4)6-10(9)8-14/h9-10H,5-8H2,1-4H3. The molecule has 4 heteroatoms. The van der Waals surface area contributed by atoms with E-state index in [1.807, 2.05) is 25.7 Å². The number of likely N-dealkylation sites (tertiary alicyclic amines) is 2. The van der Waals surface area contributed by atoms with E-state index in [9.17, 15) is 4.79 Å². The highest BCUT2D eigenvalue weighted by Crippen LogP contribution is 2.30. The molecular formula is C12H22N2O2. The van der Waals surface area contributed by atoms with Crippen LogP contribution in [0.2, 0.25) is 0 Å². The smallest absolute Gasteiger partial charge is 0.410 e. The Balaban J connectivity index is 1.88. The largest absolute Gasteiger partial charge is 0.444 e. The van der Waals surface area contributed by atoms with Crippen LogP contribution in [0.25, 0.3) is 0 Å². The summed E-state index contributed by atoms with van der Waals surface area (Å²) in [6, 6.07) is 0. The maximum absolute atomic E-state index is 11.9. The quantitative estimate of drug-likeness (QED) is 0.626. The van der Waals surface area contributed by atoms with Crippen molar-refractivity contribution in [2.75, 3.05) is 33.2 Å². The van der Waals surface area contributed by atoms with Gasteiger partial charge in [0.25, 0.3) is 0 Å². The Morgan fingerprint density at radius 3 is 2.06 bits per heavy atom. The van der Waals surface area contributed by atoms with Gasteiger partial charge in [0.05, 0.1) is 0 Å². The van der Waals surface area contributed by atoms with Crippen LogP contribution in [0.15, 0.2) is 0 Å². The number of ether oxygens (including phenoxy) is 1. The molecule has 2 heterocycles. The van der Waals surface area contributed by atoms with Crippen molar-refractivity contribution in [2.45, 2.75) is 26.4 Å². The Bertz CT molecular complexity index is 271. The van der Waals surface area contributed by atoms with Gasteiger partial charge in [0, 0.05) is 26.2 Å². The van der Waals surface area contributed by atoms with Gasteiger partial charge in [-0.1, -0.05) is 0 Å². The number of carbonyl (C=O) groups excluding carboxylic acids is 1. The summed E-state index contributed by atoms with van der Waals surface area (Å²) in [6.07, 6.45) is -0.149. The minimum atomic E-state index is -0.383. The van der Waals surface area contributed by atoms with Gasteiger partial charge in [0.2, 0.25) is 0 Å². The predicted octanol–water partition coefficient (Wildman–Crippen LogP) is 1.41. The van der Waals surface area contributed by atoms with Crippen LogP contribution in [0.5, 0.6) is 0 Å². The van der Waals surface area contributed by atoms with Crippen molar-refractivity contribution in [1.82, 2.24) is 9.80 Å². The molecule has 0 bridgehead atoms. The maximum atomic E-state index is 11.9. The summed E-state index contributed by atoms with van der Waals surface area (Å²) < 4.78 is 5.39. The number of rotatable bonds is 0. The van der Waals surface area contributed by atoms with E-state index in [1.54, 1.807) is 0 Å². The Morgan fingerprint density at radius 1 is 1.12 bits per heavy atom. The van der Waals surface area contributed by atoms with Gasteiger partial charge in [-0.05, 0) is 39.7 Å². The molecule has 0 aromatic heterocycles. The summed E-state index contributed by atoms with van der Waals surface area (Å²) in [5.74, 6) is 1.30. The lowest BCUT2D eigenvalue weighted by molar-refractivity contribution is 0.0276. The maximum Gasteiger partial charge on any atom is 0.410 e. The number of carbonyl (C=O) groups is 1. The molecule has 4 nitrogen and oxygen atoms in total. The van der Waals surface area contributed by atoms with Gasteiger partial charge < -0.3 is 14.5 Å². The molecular weight excluding hydrogens is 204 g/mol. The van der Waals surface area contributed by atoms with Crippen molar-refractivity contribution in [3.63, 3.8) is 0 Å². The Labute approximate surface area is 97.5 Å². The summed E-state index contributed by atoms with van der Waals surface area (Å²) in [5, 5.41) is 0. The molecule has 0 aliphatic carbocycles. The number of hydrogen-bond acceptors (Lipinski definition) is 3. The molecule has 0 radical (unpaired) electrons. The van der Waals surface area contributed by atoms with Crippen LogP contribution in [-0.2, 0) is 4.74 Å². The predicted molar refractivity (Wildman–Crippen MR) is 62.3 cm³/mol. The normalized spacial score (nSPS) is 30.6. The Morgan fingerprint density at radius 2 is 1.62 bits per heavy atom. The highest BCUT2D eigenvalue weighted by Gasteiger charge is 2.41. The van der Waals surface area contributed by atoms with E-state index in [4.69, 9.17) is 4.74 Å². The van der Waals surface area contributed by atoms with Crippen LogP contribution in [-0.4, -0.2) is 54.7 Å². The molecule has 2 aliphatic rings. The van der Waals surface area contributed by atoms with Gasteiger partial charge in [-0.3, -0.25) is 0 Å². The molecule has 0 aromatic rings. The van der Waals surface area contributed by atoms with Crippen LogP contribution >= 0.6 is 0 Å². The second-order valence-corrected chi connectivity index (χ2v) is 6.13. The third-order valence-electron chi connectivity index (χ3n) is 3.32. The zero-order chi connectivity index (χ0) is 11.9. The van der Waals surface area contributed by atoms with Gasteiger partial charge >= 0.3 is 6.09 Å². The monoisotopic (exact) mass is 226 g/mol.